The molecule has 0 radical (unpaired) electrons. The van der Waals surface area contributed by atoms with Gasteiger partial charge in [0, 0.05) is 20.1 Å². The molecule has 2 atom stereocenters. The molecule has 86 valence electrons. The van der Waals surface area contributed by atoms with Crippen LogP contribution < -0.4 is 5.32 Å². The van der Waals surface area contributed by atoms with Crippen LogP contribution >= 0.6 is 0 Å². The number of carbonyl (C=O) groups excluding carboxylic acids is 1. The van der Waals surface area contributed by atoms with Crippen LogP contribution in [0.1, 0.15) is 25.7 Å². The van der Waals surface area contributed by atoms with E-state index in [1.807, 2.05) is 0 Å². The zero-order valence-corrected chi connectivity index (χ0v) is 9.19. The van der Waals surface area contributed by atoms with Gasteiger partial charge in [-0.1, -0.05) is 12.8 Å². The second-order valence-corrected chi connectivity index (χ2v) is 4.18. The van der Waals surface area contributed by atoms with Crippen LogP contribution in [-0.4, -0.2) is 42.1 Å². The number of urea groups is 1. The van der Waals surface area contributed by atoms with Crippen molar-refractivity contribution >= 4 is 12.0 Å². The summed E-state index contributed by atoms with van der Waals surface area (Å²) in [5.74, 6) is -1.23. The number of aliphatic carboxylic acids is 1. The lowest BCUT2D eigenvalue weighted by Crippen LogP contribution is -2.48. The fourth-order valence-corrected chi connectivity index (χ4v) is 1.89. The molecule has 0 aromatic rings. The summed E-state index contributed by atoms with van der Waals surface area (Å²) in [7, 11) is 3.29. The van der Waals surface area contributed by atoms with Gasteiger partial charge in [0.25, 0.3) is 0 Å². The fourth-order valence-electron chi connectivity index (χ4n) is 1.89. The van der Waals surface area contributed by atoms with Gasteiger partial charge in [0.1, 0.15) is 0 Å². The minimum Gasteiger partial charge on any atom is -0.481 e. The van der Waals surface area contributed by atoms with E-state index < -0.39 is 11.9 Å². The smallest absolute Gasteiger partial charge is 0.317 e. The predicted octanol–water partition coefficient (Wildman–Crippen LogP) is 0.901. The Morgan fingerprint density at radius 3 is 2.40 bits per heavy atom. The molecule has 5 heteroatoms. The van der Waals surface area contributed by atoms with Crippen molar-refractivity contribution in [3.05, 3.63) is 0 Å². The maximum Gasteiger partial charge on any atom is 0.317 e. The number of nitrogens with zero attached hydrogens (tertiary/aromatic N) is 1. The summed E-state index contributed by atoms with van der Waals surface area (Å²) in [6, 6.07) is -0.431. The molecule has 1 aliphatic rings. The SMILES string of the molecule is CN(C)C(=O)NC1CCCCC1C(=O)O. The van der Waals surface area contributed by atoms with Crippen molar-refractivity contribution in [3.63, 3.8) is 0 Å². The van der Waals surface area contributed by atoms with E-state index in [0.29, 0.717) is 6.42 Å². The molecular formula is C10H18N2O3. The summed E-state index contributed by atoms with van der Waals surface area (Å²) in [5, 5.41) is 11.8. The summed E-state index contributed by atoms with van der Waals surface area (Å²) < 4.78 is 0. The van der Waals surface area contributed by atoms with E-state index in [1.165, 1.54) is 4.90 Å². The van der Waals surface area contributed by atoms with Crippen molar-refractivity contribution in [2.24, 2.45) is 5.92 Å². The van der Waals surface area contributed by atoms with E-state index in [0.717, 1.165) is 19.3 Å². The van der Waals surface area contributed by atoms with Crippen molar-refractivity contribution in [1.29, 1.82) is 0 Å². The molecular weight excluding hydrogens is 196 g/mol. The summed E-state index contributed by atoms with van der Waals surface area (Å²) in [6.45, 7) is 0. The summed E-state index contributed by atoms with van der Waals surface area (Å²) in [4.78, 5) is 23.8. The third-order valence-corrected chi connectivity index (χ3v) is 2.80. The number of nitrogens with one attached hydrogen (secondary N) is 1. The molecule has 0 saturated heterocycles. The maximum absolute atomic E-state index is 11.4. The van der Waals surface area contributed by atoms with E-state index >= 15 is 0 Å². The van der Waals surface area contributed by atoms with Gasteiger partial charge in [0.15, 0.2) is 0 Å². The zero-order chi connectivity index (χ0) is 11.4. The minimum atomic E-state index is -0.807. The molecule has 0 spiro atoms. The summed E-state index contributed by atoms with van der Waals surface area (Å²) >= 11 is 0. The van der Waals surface area contributed by atoms with Crippen molar-refractivity contribution < 1.29 is 14.7 Å². The number of carboxylic acid groups (broad SMARTS) is 1. The molecule has 0 aromatic carbocycles. The van der Waals surface area contributed by atoms with Gasteiger partial charge in [-0.15, -0.1) is 0 Å². The van der Waals surface area contributed by atoms with Crippen LogP contribution in [0, 0.1) is 5.92 Å². The first-order valence-electron chi connectivity index (χ1n) is 5.23. The molecule has 2 amide bonds. The Hall–Kier alpha value is -1.26. The standard InChI is InChI=1S/C10H18N2O3/c1-12(2)10(15)11-8-6-4-3-5-7(8)9(13)14/h7-8H,3-6H2,1-2H3,(H,11,15)(H,13,14). The Kier molecular flexibility index (Phi) is 3.94. The third-order valence-electron chi connectivity index (χ3n) is 2.80. The van der Waals surface area contributed by atoms with Crippen LogP contribution in [0.3, 0.4) is 0 Å². The van der Waals surface area contributed by atoms with Crippen LogP contribution in [0.4, 0.5) is 4.79 Å². The van der Waals surface area contributed by atoms with E-state index in [4.69, 9.17) is 5.11 Å². The third kappa shape index (κ3) is 3.11. The van der Waals surface area contributed by atoms with Gasteiger partial charge in [-0.3, -0.25) is 4.79 Å². The van der Waals surface area contributed by atoms with Crippen molar-refractivity contribution in [1.82, 2.24) is 10.2 Å². The molecule has 1 saturated carbocycles. The second-order valence-electron chi connectivity index (χ2n) is 4.18. The molecule has 0 bridgehead atoms. The van der Waals surface area contributed by atoms with Gasteiger partial charge < -0.3 is 15.3 Å². The topological polar surface area (TPSA) is 69.6 Å². The van der Waals surface area contributed by atoms with Crippen molar-refractivity contribution in [2.45, 2.75) is 31.7 Å². The van der Waals surface area contributed by atoms with E-state index in [-0.39, 0.29) is 12.1 Å². The average Bonchev–Trinajstić information content (AvgIpc) is 2.18. The number of rotatable bonds is 2. The predicted molar refractivity (Wildman–Crippen MR) is 55.6 cm³/mol. The van der Waals surface area contributed by atoms with Crippen LogP contribution in [0.15, 0.2) is 0 Å². The van der Waals surface area contributed by atoms with Gasteiger partial charge in [0.05, 0.1) is 5.92 Å². The van der Waals surface area contributed by atoms with Crippen LogP contribution in [0.2, 0.25) is 0 Å². The largest absolute Gasteiger partial charge is 0.481 e. The highest BCUT2D eigenvalue weighted by molar-refractivity contribution is 5.76. The zero-order valence-electron chi connectivity index (χ0n) is 9.19. The first-order chi connectivity index (χ1) is 7.02. The summed E-state index contributed by atoms with van der Waals surface area (Å²) in [6.07, 6.45) is 3.34. The Balaban J connectivity index is 2.57. The van der Waals surface area contributed by atoms with Gasteiger partial charge in [-0.05, 0) is 12.8 Å². The maximum atomic E-state index is 11.4. The monoisotopic (exact) mass is 214 g/mol. The molecule has 0 aromatic heterocycles. The Morgan fingerprint density at radius 2 is 1.87 bits per heavy atom. The number of carboxylic acids is 1. The molecule has 0 aliphatic heterocycles. The highest BCUT2D eigenvalue weighted by atomic mass is 16.4. The number of carbonyl (C=O) groups is 2. The van der Waals surface area contributed by atoms with Gasteiger partial charge in [-0.25, -0.2) is 4.79 Å². The second kappa shape index (κ2) is 5.00. The lowest BCUT2D eigenvalue weighted by atomic mass is 9.84. The van der Waals surface area contributed by atoms with E-state index in [9.17, 15) is 9.59 Å². The first kappa shape index (κ1) is 11.8. The van der Waals surface area contributed by atoms with E-state index in [2.05, 4.69) is 5.32 Å². The molecule has 2 N–H and O–H groups in total. The Morgan fingerprint density at radius 1 is 1.27 bits per heavy atom. The van der Waals surface area contributed by atoms with Crippen molar-refractivity contribution in [3.8, 4) is 0 Å². The van der Waals surface area contributed by atoms with Crippen molar-refractivity contribution in [2.75, 3.05) is 14.1 Å². The van der Waals surface area contributed by atoms with Crippen LogP contribution in [0.5, 0.6) is 0 Å². The van der Waals surface area contributed by atoms with Crippen LogP contribution in [-0.2, 0) is 4.79 Å². The van der Waals surface area contributed by atoms with Crippen LogP contribution in [0.25, 0.3) is 0 Å². The number of amides is 2. The van der Waals surface area contributed by atoms with E-state index in [1.54, 1.807) is 14.1 Å². The number of hydrogen-bond donors (Lipinski definition) is 2. The molecule has 5 nitrogen and oxygen atoms in total. The molecule has 2 unspecified atom stereocenters. The fraction of sp³-hybridized carbons (Fsp3) is 0.800. The van der Waals surface area contributed by atoms with Gasteiger partial charge >= 0.3 is 12.0 Å². The summed E-state index contributed by atoms with van der Waals surface area (Å²) in [5.41, 5.74) is 0. The first-order valence-corrected chi connectivity index (χ1v) is 5.23. The average molecular weight is 214 g/mol. The van der Waals surface area contributed by atoms with Gasteiger partial charge in [-0.2, -0.15) is 0 Å². The Labute approximate surface area is 89.4 Å². The normalized spacial score (nSPS) is 25.7. The lowest BCUT2D eigenvalue weighted by molar-refractivity contribution is -0.143. The van der Waals surface area contributed by atoms with Gasteiger partial charge in [0.2, 0.25) is 0 Å². The quantitative estimate of drug-likeness (QED) is 0.717. The molecule has 0 heterocycles. The Bertz CT molecular complexity index is 253. The number of hydrogen-bond acceptors (Lipinski definition) is 2. The highest BCUT2D eigenvalue weighted by Crippen LogP contribution is 2.24. The molecule has 1 fully saturated rings. The highest BCUT2D eigenvalue weighted by Gasteiger charge is 2.31. The molecule has 1 rings (SSSR count). The lowest BCUT2D eigenvalue weighted by Gasteiger charge is -2.30. The minimum absolute atomic E-state index is 0.215. The molecule has 15 heavy (non-hydrogen) atoms. The molecule has 1 aliphatic carbocycles.